The van der Waals surface area contributed by atoms with Crippen LogP contribution in [0.2, 0.25) is 0 Å². The molecule has 2 atom stereocenters. The van der Waals surface area contributed by atoms with Gasteiger partial charge in [0.2, 0.25) is 0 Å². The minimum Gasteiger partial charge on any atom is -0.376 e. The first-order valence-corrected chi connectivity index (χ1v) is 7.57. The van der Waals surface area contributed by atoms with Crippen LogP contribution in [0.5, 0.6) is 0 Å². The van der Waals surface area contributed by atoms with Crippen molar-refractivity contribution in [3.63, 3.8) is 0 Å². The number of nitrogens with one attached hydrogen (secondary N) is 1. The second kappa shape index (κ2) is 7.16. The van der Waals surface area contributed by atoms with Crippen molar-refractivity contribution in [3.8, 4) is 0 Å². The van der Waals surface area contributed by atoms with E-state index in [9.17, 15) is 0 Å². The Balaban J connectivity index is 1.89. The molecule has 0 aromatic carbocycles. The number of aromatic nitrogens is 1. The molecule has 1 aromatic heterocycles. The summed E-state index contributed by atoms with van der Waals surface area (Å²) in [5.41, 5.74) is 2.38. The van der Waals surface area contributed by atoms with E-state index in [-0.39, 0.29) is 0 Å². The van der Waals surface area contributed by atoms with Gasteiger partial charge in [0, 0.05) is 37.9 Å². The van der Waals surface area contributed by atoms with Crippen LogP contribution >= 0.6 is 0 Å². The largest absolute Gasteiger partial charge is 0.376 e. The fourth-order valence-electron chi connectivity index (χ4n) is 2.38. The van der Waals surface area contributed by atoms with Crippen molar-refractivity contribution in [1.82, 2.24) is 15.2 Å². The normalized spacial score (nSPS) is 24.2. The van der Waals surface area contributed by atoms with Gasteiger partial charge in [-0.1, -0.05) is 19.9 Å². The lowest BCUT2D eigenvalue weighted by atomic mass is 10.2. The number of pyridine rings is 1. The smallest absolute Gasteiger partial charge is 0.0674 e. The van der Waals surface area contributed by atoms with Crippen molar-refractivity contribution in [2.45, 2.75) is 59.0 Å². The SMILES string of the molecule is CC(C)NCc1ccc(CN2CC(C)OCC2C)nc1. The van der Waals surface area contributed by atoms with Gasteiger partial charge in [0.1, 0.15) is 0 Å². The summed E-state index contributed by atoms with van der Waals surface area (Å²) in [6.07, 6.45) is 2.31. The quantitative estimate of drug-likeness (QED) is 0.895. The van der Waals surface area contributed by atoms with Gasteiger partial charge in [-0.25, -0.2) is 0 Å². The fourth-order valence-corrected chi connectivity index (χ4v) is 2.38. The number of hydrogen-bond acceptors (Lipinski definition) is 4. The summed E-state index contributed by atoms with van der Waals surface area (Å²) in [5, 5.41) is 3.41. The predicted molar refractivity (Wildman–Crippen MR) is 81.5 cm³/mol. The average molecular weight is 277 g/mol. The molecule has 2 heterocycles. The van der Waals surface area contributed by atoms with Crippen LogP contribution in [-0.4, -0.2) is 41.2 Å². The van der Waals surface area contributed by atoms with E-state index >= 15 is 0 Å². The van der Waals surface area contributed by atoms with Crippen LogP contribution in [0.1, 0.15) is 39.0 Å². The molecule has 1 saturated heterocycles. The van der Waals surface area contributed by atoms with Gasteiger partial charge < -0.3 is 10.1 Å². The highest BCUT2D eigenvalue weighted by Gasteiger charge is 2.23. The standard InChI is InChI=1S/C16H27N3O/c1-12(2)17-7-15-5-6-16(18-8-15)10-19-9-14(4)20-11-13(19)3/h5-6,8,12-14,17H,7,9-11H2,1-4H3. The van der Waals surface area contributed by atoms with Gasteiger partial charge in [-0.05, 0) is 25.5 Å². The number of ether oxygens (including phenoxy) is 1. The molecule has 2 unspecified atom stereocenters. The maximum atomic E-state index is 5.66. The van der Waals surface area contributed by atoms with Crippen LogP contribution in [0.3, 0.4) is 0 Å². The molecule has 1 aliphatic heterocycles. The molecular formula is C16H27N3O. The second-order valence-electron chi connectivity index (χ2n) is 6.12. The molecule has 0 spiro atoms. The lowest BCUT2D eigenvalue weighted by Crippen LogP contribution is -2.46. The Labute approximate surface area is 122 Å². The third kappa shape index (κ3) is 4.54. The van der Waals surface area contributed by atoms with Crippen molar-refractivity contribution in [1.29, 1.82) is 0 Å². The van der Waals surface area contributed by atoms with E-state index in [4.69, 9.17) is 4.74 Å². The molecule has 0 radical (unpaired) electrons. The molecule has 4 nitrogen and oxygen atoms in total. The Bertz CT molecular complexity index is 405. The fraction of sp³-hybridized carbons (Fsp3) is 0.688. The average Bonchev–Trinajstić information content (AvgIpc) is 2.42. The Morgan fingerprint density at radius 2 is 2.20 bits per heavy atom. The minimum absolute atomic E-state index is 0.320. The molecule has 20 heavy (non-hydrogen) atoms. The maximum absolute atomic E-state index is 5.66. The van der Waals surface area contributed by atoms with Gasteiger partial charge in [0.05, 0.1) is 18.4 Å². The molecule has 1 aliphatic rings. The number of hydrogen-bond donors (Lipinski definition) is 1. The summed E-state index contributed by atoms with van der Waals surface area (Å²) in [5.74, 6) is 0. The summed E-state index contributed by atoms with van der Waals surface area (Å²) in [4.78, 5) is 7.03. The minimum atomic E-state index is 0.320. The molecular weight excluding hydrogens is 250 g/mol. The van der Waals surface area contributed by atoms with E-state index in [1.54, 1.807) is 0 Å². The van der Waals surface area contributed by atoms with Crippen LogP contribution in [-0.2, 0) is 17.8 Å². The Morgan fingerprint density at radius 1 is 1.40 bits per heavy atom. The van der Waals surface area contributed by atoms with E-state index < -0.39 is 0 Å². The van der Waals surface area contributed by atoms with E-state index in [2.05, 4.69) is 55.0 Å². The summed E-state index contributed by atoms with van der Waals surface area (Å²) >= 11 is 0. The molecule has 0 bridgehead atoms. The molecule has 2 rings (SSSR count). The summed E-state index contributed by atoms with van der Waals surface area (Å²) in [7, 11) is 0. The Hall–Kier alpha value is -0.970. The highest BCUT2D eigenvalue weighted by molar-refractivity contribution is 5.14. The van der Waals surface area contributed by atoms with E-state index in [1.807, 2.05) is 6.20 Å². The van der Waals surface area contributed by atoms with Gasteiger partial charge in [0.15, 0.2) is 0 Å². The molecule has 0 aliphatic carbocycles. The number of rotatable bonds is 5. The first kappa shape index (κ1) is 15.4. The zero-order valence-corrected chi connectivity index (χ0v) is 13.1. The summed E-state index contributed by atoms with van der Waals surface area (Å²) in [6, 6.07) is 5.29. The molecule has 4 heteroatoms. The van der Waals surface area contributed by atoms with E-state index in [1.165, 1.54) is 5.56 Å². The van der Waals surface area contributed by atoms with Crippen LogP contribution in [0, 0.1) is 0 Å². The summed E-state index contributed by atoms with van der Waals surface area (Å²) < 4.78 is 5.66. The molecule has 112 valence electrons. The lowest BCUT2D eigenvalue weighted by Gasteiger charge is -2.36. The van der Waals surface area contributed by atoms with Crippen molar-refractivity contribution in [2.24, 2.45) is 0 Å². The third-order valence-corrected chi connectivity index (χ3v) is 3.70. The van der Waals surface area contributed by atoms with Crippen molar-refractivity contribution >= 4 is 0 Å². The van der Waals surface area contributed by atoms with E-state index in [0.29, 0.717) is 18.2 Å². The molecule has 0 amide bonds. The molecule has 1 N–H and O–H groups in total. The summed E-state index contributed by atoms with van der Waals surface area (Å²) in [6.45, 7) is 12.3. The molecule has 1 aromatic rings. The second-order valence-corrected chi connectivity index (χ2v) is 6.12. The van der Waals surface area contributed by atoms with E-state index in [0.717, 1.165) is 31.9 Å². The van der Waals surface area contributed by atoms with Crippen LogP contribution in [0.25, 0.3) is 0 Å². The van der Waals surface area contributed by atoms with Crippen LogP contribution in [0.4, 0.5) is 0 Å². The van der Waals surface area contributed by atoms with Crippen molar-refractivity contribution in [3.05, 3.63) is 29.6 Å². The monoisotopic (exact) mass is 277 g/mol. The zero-order chi connectivity index (χ0) is 14.5. The van der Waals surface area contributed by atoms with Gasteiger partial charge in [0.25, 0.3) is 0 Å². The number of morpholine rings is 1. The highest BCUT2D eigenvalue weighted by Crippen LogP contribution is 2.14. The van der Waals surface area contributed by atoms with Crippen LogP contribution in [0.15, 0.2) is 18.3 Å². The lowest BCUT2D eigenvalue weighted by molar-refractivity contribution is -0.0530. The van der Waals surface area contributed by atoms with Gasteiger partial charge in [-0.15, -0.1) is 0 Å². The van der Waals surface area contributed by atoms with Gasteiger partial charge in [-0.3, -0.25) is 9.88 Å². The maximum Gasteiger partial charge on any atom is 0.0674 e. The molecule has 1 fully saturated rings. The topological polar surface area (TPSA) is 37.4 Å². The van der Waals surface area contributed by atoms with Crippen LogP contribution < -0.4 is 5.32 Å². The first-order chi connectivity index (χ1) is 9.54. The third-order valence-electron chi connectivity index (χ3n) is 3.70. The zero-order valence-electron chi connectivity index (χ0n) is 13.1. The Morgan fingerprint density at radius 3 is 2.85 bits per heavy atom. The highest BCUT2D eigenvalue weighted by atomic mass is 16.5. The first-order valence-electron chi connectivity index (χ1n) is 7.57. The van der Waals surface area contributed by atoms with Gasteiger partial charge >= 0.3 is 0 Å². The van der Waals surface area contributed by atoms with Crippen molar-refractivity contribution < 1.29 is 4.74 Å². The Kier molecular flexibility index (Phi) is 5.52. The molecule has 0 saturated carbocycles. The van der Waals surface area contributed by atoms with Gasteiger partial charge in [-0.2, -0.15) is 0 Å². The predicted octanol–water partition coefficient (Wildman–Crippen LogP) is 2.19. The number of nitrogens with zero attached hydrogens (tertiary/aromatic N) is 2. The van der Waals surface area contributed by atoms with Crippen molar-refractivity contribution in [2.75, 3.05) is 13.2 Å².